The van der Waals surface area contributed by atoms with Crippen LogP contribution in [0, 0.1) is 0 Å². The van der Waals surface area contributed by atoms with E-state index in [2.05, 4.69) is 14.7 Å². The molecule has 2 heterocycles. The van der Waals surface area contributed by atoms with Gasteiger partial charge in [0.25, 0.3) is 0 Å². The topological polar surface area (TPSA) is 65.7 Å². The summed E-state index contributed by atoms with van der Waals surface area (Å²) in [5, 5.41) is 1.90. The van der Waals surface area contributed by atoms with Crippen LogP contribution in [0.4, 0.5) is 5.82 Å². The van der Waals surface area contributed by atoms with Crippen LogP contribution in [-0.2, 0) is 16.2 Å². The Kier molecular flexibility index (Phi) is 4.43. The lowest BCUT2D eigenvalue weighted by molar-refractivity contribution is 0.0600. The van der Waals surface area contributed by atoms with E-state index in [4.69, 9.17) is 4.74 Å². The Balaban J connectivity index is 2.37. The highest BCUT2D eigenvalue weighted by atomic mass is 32.1. The van der Waals surface area contributed by atoms with Crippen LogP contribution in [0.25, 0.3) is 0 Å². The van der Waals surface area contributed by atoms with Crippen LogP contribution < -0.4 is 4.80 Å². The second kappa shape index (κ2) is 6.26. The van der Waals surface area contributed by atoms with E-state index in [0.717, 1.165) is 4.80 Å². The minimum Gasteiger partial charge on any atom is -0.465 e. The molecule has 6 nitrogen and oxygen atoms in total. The summed E-state index contributed by atoms with van der Waals surface area (Å²) in [6, 6.07) is 3.17. The first kappa shape index (κ1) is 13.4. The van der Waals surface area contributed by atoms with Gasteiger partial charge in [0.1, 0.15) is 6.73 Å². The van der Waals surface area contributed by atoms with Crippen LogP contribution >= 0.6 is 11.3 Å². The molecule has 0 N–H and O–H groups in total. The van der Waals surface area contributed by atoms with Gasteiger partial charge in [-0.05, 0) is 12.1 Å². The zero-order valence-corrected chi connectivity index (χ0v) is 11.4. The van der Waals surface area contributed by atoms with Crippen molar-refractivity contribution in [1.29, 1.82) is 0 Å². The fourth-order valence-electron chi connectivity index (χ4n) is 1.45. The van der Waals surface area contributed by atoms with Gasteiger partial charge in [0.05, 0.1) is 12.7 Å². The lowest BCUT2D eigenvalue weighted by Gasteiger charge is -2.01. The molecule has 19 heavy (non-hydrogen) atoms. The predicted molar refractivity (Wildman–Crippen MR) is 70.1 cm³/mol. The van der Waals surface area contributed by atoms with Gasteiger partial charge in [-0.25, -0.2) is 14.8 Å². The molecule has 0 aliphatic carbocycles. The molecule has 0 radical (unpaired) electrons. The van der Waals surface area contributed by atoms with E-state index in [0.29, 0.717) is 18.1 Å². The van der Waals surface area contributed by atoms with Gasteiger partial charge in [-0.15, -0.1) is 11.3 Å². The maximum Gasteiger partial charge on any atom is 0.338 e. The number of pyridine rings is 1. The number of esters is 1. The molecule has 0 saturated carbocycles. The number of aromatic nitrogens is 2. The van der Waals surface area contributed by atoms with Gasteiger partial charge in [-0.3, -0.25) is 4.57 Å². The van der Waals surface area contributed by atoms with Gasteiger partial charge in [0.2, 0.25) is 0 Å². The molecule has 0 amide bonds. The molecule has 2 rings (SSSR count). The Morgan fingerprint density at radius 1 is 1.53 bits per heavy atom. The van der Waals surface area contributed by atoms with Crippen LogP contribution in [0.2, 0.25) is 0 Å². The first-order valence-electron chi connectivity index (χ1n) is 5.46. The number of hydrogen-bond donors (Lipinski definition) is 0. The molecule has 7 heteroatoms. The first-order valence-corrected chi connectivity index (χ1v) is 6.34. The van der Waals surface area contributed by atoms with Crippen molar-refractivity contribution in [1.82, 2.24) is 9.55 Å². The van der Waals surface area contributed by atoms with E-state index in [9.17, 15) is 4.79 Å². The molecule has 2 aromatic heterocycles. The summed E-state index contributed by atoms with van der Waals surface area (Å²) in [7, 11) is 2.95. The highest BCUT2D eigenvalue weighted by Crippen LogP contribution is 2.10. The molecular weight excluding hydrogens is 266 g/mol. The van der Waals surface area contributed by atoms with E-state index in [1.807, 2.05) is 16.1 Å². The number of methoxy groups -OCH3 is 2. The van der Waals surface area contributed by atoms with Gasteiger partial charge in [0.15, 0.2) is 10.6 Å². The van der Waals surface area contributed by atoms with Gasteiger partial charge in [-0.2, -0.15) is 0 Å². The third-order valence-electron chi connectivity index (χ3n) is 2.30. The van der Waals surface area contributed by atoms with Crippen LogP contribution in [0.15, 0.2) is 34.9 Å². The van der Waals surface area contributed by atoms with Gasteiger partial charge in [0, 0.05) is 24.9 Å². The van der Waals surface area contributed by atoms with Crippen molar-refractivity contribution in [2.24, 2.45) is 4.99 Å². The first-order chi connectivity index (χ1) is 9.24. The molecule has 0 aliphatic heterocycles. The molecule has 100 valence electrons. The molecule has 0 fully saturated rings. The van der Waals surface area contributed by atoms with E-state index >= 15 is 0 Å². The molecule has 0 spiro atoms. The third kappa shape index (κ3) is 3.27. The number of carbonyl (C=O) groups excluding carboxylic acids is 1. The Bertz CT molecular complexity index is 633. The van der Waals surface area contributed by atoms with Crippen LogP contribution in [-0.4, -0.2) is 29.7 Å². The van der Waals surface area contributed by atoms with Crippen LogP contribution in [0.1, 0.15) is 10.4 Å². The van der Waals surface area contributed by atoms with E-state index in [-0.39, 0.29) is 0 Å². The fourth-order valence-corrected chi connectivity index (χ4v) is 2.17. The zero-order valence-electron chi connectivity index (χ0n) is 10.6. The lowest BCUT2D eigenvalue weighted by atomic mass is 10.3. The quantitative estimate of drug-likeness (QED) is 0.797. The second-order valence-electron chi connectivity index (χ2n) is 3.58. The second-order valence-corrected chi connectivity index (χ2v) is 4.45. The Morgan fingerprint density at radius 2 is 2.37 bits per heavy atom. The maximum atomic E-state index is 11.4. The molecule has 0 aliphatic rings. The largest absolute Gasteiger partial charge is 0.465 e. The van der Waals surface area contributed by atoms with Crippen molar-refractivity contribution in [3.05, 3.63) is 40.3 Å². The summed E-state index contributed by atoms with van der Waals surface area (Å²) in [4.78, 5) is 20.7. The van der Waals surface area contributed by atoms with E-state index < -0.39 is 5.97 Å². The number of carbonyl (C=O) groups is 1. The highest BCUT2D eigenvalue weighted by molar-refractivity contribution is 7.07. The molecular formula is C12H13N3O3S. The van der Waals surface area contributed by atoms with Crippen LogP contribution in [0.3, 0.4) is 0 Å². The summed E-state index contributed by atoms with van der Waals surface area (Å²) >= 11 is 1.46. The van der Waals surface area contributed by atoms with Gasteiger partial charge in [-0.1, -0.05) is 0 Å². The number of ether oxygens (including phenoxy) is 2. The van der Waals surface area contributed by atoms with Crippen molar-refractivity contribution in [2.45, 2.75) is 6.73 Å². The van der Waals surface area contributed by atoms with Crippen molar-refractivity contribution >= 4 is 23.1 Å². The fraction of sp³-hybridized carbons (Fsp3) is 0.250. The smallest absolute Gasteiger partial charge is 0.338 e. The highest BCUT2D eigenvalue weighted by Gasteiger charge is 2.06. The summed E-state index contributed by atoms with van der Waals surface area (Å²) in [6.07, 6.45) is 3.40. The van der Waals surface area contributed by atoms with E-state index in [1.54, 1.807) is 19.2 Å². The standard InChI is InChI=1S/C12H13N3O3S/c1-17-8-15-5-6-19-12(15)14-10-7-9(3-4-13-10)11(16)18-2/h3-7H,8H2,1-2H3. The predicted octanol–water partition coefficient (Wildman–Crippen LogP) is 1.57. The average Bonchev–Trinajstić information content (AvgIpc) is 2.86. The van der Waals surface area contributed by atoms with Gasteiger partial charge < -0.3 is 9.47 Å². The minimum absolute atomic E-state index is 0.408. The summed E-state index contributed by atoms with van der Waals surface area (Å²) in [5.74, 6) is 0.0463. The monoisotopic (exact) mass is 279 g/mol. The molecule has 0 bridgehead atoms. The number of thiazole rings is 1. The number of rotatable bonds is 4. The van der Waals surface area contributed by atoms with Gasteiger partial charge >= 0.3 is 5.97 Å². The summed E-state index contributed by atoms with van der Waals surface area (Å²) in [5.41, 5.74) is 0.422. The maximum absolute atomic E-state index is 11.4. The Hall–Kier alpha value is -1.99. The third-order valence-corrected chi connectivity index (χ3v) is 3.10. The average molecular weight is 279 g/mol. The summed E-state index contributed by atoms with van der Waals surface area (Å²) in [6.45, 7) is 0.416. The summed E-state index contributed by atoms with van der Waals surface area (Å²) < 4.78 is 11.6. The van der Waals surface area contributed by atoms with E-state index in [1.165, 1.54) is 24.6 Å². The zero-order chi connectivity index (χ0) is 13.7. The number of hydrogen-bond acceptors (Lipinski definition) is 6. The molecule has 0 aromatic carbocycles. The van der Waals surface area contributed by atoms with Crippen LogP contribution in [0.5, 0.6) is 0 Å². The SMILES string of the molecule is COCn1ccsc1=Nc1cc(C(=O)OC)ccn1. The Morgan fingerprint density at radius 3 is 3.11 bits per heavy atom. The molecule has 0 saturated heterocycles. The normalized spacial score (nSPS) is 11.6. The van der Waals surface area contributed by atoms with Crippen molar-refractivity contribution in [2.75, 3.05) is 14.2 Å². The van der Waals surface area contributed by atoms with Crippen molar-refractivity contribution < 1.29 is 14.3 Å². The lowest BCUT2D eigenvalue weighted by Crippen LogP contribution is -2.14. The molecule has 0 unspecified atom stereocenters. The minimum atomic E-state index is -0.408. The molecule has 2 aromatic rings. The Labute approximate surface area is 114 Å². The molecule has 0 atom stereocenters. The van der Waals surface area contributed by atoms with Crippen molar-refractivity contribution in [3.8, 4) is 0 Å². The number of nitrogens with zero attached hydrogens (tertiary/aromatic N) is 3. The van der Waals surface area contributed by atoms with Crippen molar-refractivity contribution in [3.63, 3.8) is 0 Å².